The highest BCUT2D eigenvalue weighted by molar-refractivity contribution is 6.42. The fourth-order valence-corrected chi connectivity index (χ4v) is 2.06. The van der Waals surface area contributed by atoms with Crippen molar-refractivity contribution in [2.75, 3.05) is 0 Å². The van der Waals surface area contributed by atoms with Crippen LogP contribution in [0.5, 0.6) is 5.75 Å². The molecule has 1 aromatic heterocycles. The van der Waals surface area contributed by atoms with Crippen molar-refractivity contribution in [3.8, 4) is 28.6 Å². The second kappa shape index (κ2) is 5.35. The summed E-state index contributed by atoms with van der Waals surface area (Å²) in [5.41, 5.74) is 0.699. The van der Waals surface area contributed by atoms with Gasteiger partial charge in [0.2, 0.25) is 5.82 Å². The maximum absolute atomic E-state index is 13.7. The van der Waals surface area contributed by atoms with E-state index in [4.69, 9.17) is 27.7 Å². The van der Waals surface area contributed by atoms with Gasteiger partial charge in [-0.1, -0.05) is 28.4 Å². The molecule has 3 rings (SSSR count). The van der Waals surface area contributed by atoms with Gasteiger partial charge in [-0.25, -0.2) is 4.39 Å². The average Bonchev–Trinajstić information content (AvgIpc) is 2.91. The Morgan fingerprint density at radius 3 is 2.57 bits per heavy atom. The summed E-state index contributed by atoms with van der Waals surface area (Å²) >= 11 is 11.8. The predicted molar refractivity (Wildman–Crippen MR) is 76.8 cm³/mol. The van der Waals surface area contributed by atoms with E-state index < -0.39 is 5.82 Å². The fourth-order valence-electron chi connectivity index (χ4n) is 1.76. The molecule has 7 heteroatoms. The van der Waals surface area contributed by atoms with E-state index in [-0.39, 0.29) is 23.0 Å². The summed E-state index contributed by atoms with van der Waals surface area (Å²) in [5, 5.41) is 13.7. The van der Waals surface area contributed by atoms with Crippen LogP contribution in [0.15, 0.2) is 40.9 Å². The van der Waals surface area contributed by atoms with Crippen LogP contribution in [-0.4, -0.2) is 15.2 Å². The Balaban J connectivity index is 2.01. The Kier molecular flexibility index (Phi) is 3.53. The van der Waals surface area contributed by atoms with Crippen LogP contribution in [0.3, 0.4) is 0 Å². The third-order valence-corrected chi connectivity index (χ3v) is 3.53. The number of rotatable bonds is 2. The van der Waals surface area contributed by atoms with Gasteiger partial charge in [0.15, 0.2) is 0 Å². The first-order valence-electron chi connectivity index (χ1n) is 5.82. The van der Waals surface area contributed by atoms with Crippen LogP contribution < -0.4 is 0 Å². The van der Waals surface area contributed by atoms with Crippen LogP contribution in [0.2, 0.25) is 10.0 Å². The van der Waals surface area contributed by atoms with Crippen LogP contribution in [-0.2, 0) is 0 Å². The van der Waals surface area contributed by atoms with Gasteiger partial charge >= 0.3 is 0 Å². The summed E-state index contributed by atoms with van der Waals surface area (Å²) in [6, 6.07) is 8.54. The summed E-state index contributed by atoms with van der Waals surface area (Å²) in [6.07, 6.45) is 0. The van der Waals surface area contributed by atoms with E-state index in [0.29, 0.717) is 15.6 Å². The number of halogens is 3. The fraction of sp³-hybridized carbons (Fsp3) is 0. The Bertz CT molecular complexity index is 820. The number of hydrogen-bond acceptors (Lipinski definition) is 4. The maximum atomic E-state index is 13.7. The largest absolute Gasteiger partial charge is 0.508 e. The summed E-state index contributed by atoms with van der Waals surface area (Å²) in [4.78, 5) is 4.11. The van der Waals surface area contributed by atoms with Gasteiger partial charge < -0.3 is 9.63 Å². The first-order valence-corrected chi connectivity index (χ1v) is 6.58. The molecular weight excluding hydrogens is 318 g/mol. The quantitative estimate of drug-likeness (QED) is 0.751. The SMILES string of the molecule is Oc1ccc(-c2nc(-c3ccc(Cl)c(Cl)c3)no2)c(F)c1. The third kappa shape index (κ3) is 2.70. The number of hydrogen-bond donors (Lipinski definition) is 1. The highest BCUT2D eigenvalue weighted by Crippen LogP contribution is 2.29. The van der Waals surface area contributed by atoms with Crippen molar-refractivity contribution in [1.82, 2.24) is 10.1 Å². The molecule has 0 fully saturated rings. The van der Waals surface area contributed by atoms with Gasteiger partial charge in [0, 0.05) is 11.6 Å². The van der Waals surface area contributed by atoms with Crippen molar-refractivity contribution < 1.29 is 14.0 Å². The Morgan fingerprint density at radius 2 is 1.86 bits per heavy atom. The smallest absolute Gasteiger partial charge is 0.261 e. The molecular formula is C14H7Cl2FN2O2. The molecule has 0 aliphatic heterocycles. The minimum absolute atomic E-state index is 0.00794. The topological polar surface area (TPSA) is 59.2 Å². The highest BCUT2D eigenvalue weighted by atomic mass is 35.5. The second-order valence-corrected chi connectivity index (χ2v) is 5.03. The molecule has 0 amide bonds. The van der Waals surface area contributed by atoms with Gasteiger partial charge in [0.05, 0.1) is 15.6 Å². The maximum Gasteiger partial charge on any atom is 0.261 e. The monoisotopic (exact) mass is 324 g/mol. The first kappa shape index (κ1) is 13.9. The zero-order valence-corrected chi connectivity index (χ0v) is 11.9. The van der Waals surface area contributed by atoms with Crippen molar-refractivity contribution in [3.05, 3.63) is 52.3 Å². The van der Waals surface area contributed by atoms with E-state index in [2.05, 4.69) is 10.1 Å². The lowest BCUT2D eigenvalue weighted by molar-refractivity contribution is 0.429. The van der Waals surface area contributed by atoms with Crippen LogP contribution >= 0.6 is 23.2 Å². The minimum atomic E-state index is -0.653. The molecule has 1 N–H and O–H groups in total. The summed E-state index contributed by atoms with van der Waals surface area (Å²) < 4.78 is 18.8. The van der Waals surface area contributed by atoms with Crippen molar-refractivity contribution in [1.29, 1.82) is 0 Å². The zero-order valence-electron chi connectivity index (χ0n) is 10.3. The molecule has 3 aromatic rings. The Morgan fingerprint density at radius 1 is 1.05 bits per heavy atom. The second-order valence-electron chi connectivity index (χ2n) is 4.22. The number of aromatic hydroxyl groups is 1. The van der Waals surface area contributed by atoms with E-state index in [0.717, 1.165) is 6.07 Å². The molecule has 0 spiro atoms. The van der Waals surface area contributed by atoms with Gasteiger partial charge in [-0.3, -0.25) is 0 Å². The summed E-state index contributed by atoms with van der Waals surface area (Å²) in [5.74, 6) is -0.565. The van der Waals surface area contributed by atoms with Crippen molar-refractivity contribution in [2.24, 2.45) is 0 Å². The van der Waals surface area contributed by atoms with Crippen molar-refractivity contribution in [3.63, 3.8) is 0 Å². The van der Waals surface area contributed by atoms with Gasteiger partial charge in [0.1, 0.15) is 11.6 Å². The Hall–Kier alpha value is -2.11. The van der Waals surface area contributed by atoms with E-state index in [1.165, 1.54) is 12.1 Å². The van der Waals surface area contributed by atoms with Crippen LogP contribution in [0.4, 0.5) is 4.39 Å². The molecule has 0 aliphatic carbocycles. The molecule has 0 aliphatic rings. The van der Waals surface area contributed by atoms with Gasteiger partial charge in [-0.15, -0.1) is 0 Å². The van der Waals surface area contributed by atoms with E-state index in [1.54, 1.807) is 18.2 Å². The summed E-state index contributed by atoms with van der Waals surface area (Å²) in [6.45, 7) is 0. The van der Waals surface area contributed by atoms with Crippen LogP contribution in [0.1, 0.15) is 0 Å². The van der Waals surface area contributed by atoms with Gasteiger partial charge in [-0.05, 0) is 30.3 Å². The predicted octanol–water partition coefficient (Wildman–Crippen LogP) is 4.56. The first-order chi connectivity index (χ1) is 10.0. The van der Waals surface area contributed by atoms with Crippen LogP contribution in [0, 0.1) is 5.82 Å². The molecule has 0 radical (unpaired) electrons. The standard InChI is InChI=1S/C14H7Cl2FN2O2/c15-10-4-1-7(5-11(10)16)13-18-14(21-19-13)9-3-2-8(20)6-12(9)17/h1-6,20H. The number of aromatic nitrogens is 2. The molecule has 0 saturated heterocycles. The lowest BCUT2D eigenvalue weighted by Gasteiger charge is -1.98. The molecule has 0 bridgehead atoms. The zero-order chi connectivity index (χ0) is 15.0. The van der Waals surface area contributed by atoms with Gasteiger partial charge in [-0.2, -0.15) is 4.98 Å². The van der Waals surface area contributed by atoms with E-state index in [1.807, 2.05) is 0 Å². The Labute approximate surface area is 128 Å². The molecule has 1 heterocycles. The molecule has 21 heavy (non-hydrogen) atoms. The van der Waals surface area contributed by atoms with Crippen LogP contribution in [0.25, 0.3) is 22.8 Å². The average molecular weight is 325 g/mol. The number of benzene rings is 2. The molecule has 106 valence electrons. The highest BCUT2D eigenvalue weighted by Gasteiger charge is 2.15. The minimum Gasteiger partial charge on any atom is -0.508 e. The molecule has 0 saturated carbocycles. The number of phenolic OH excluding ortho intramolecular Hbond substituents is 1. The molecule has 4 nitrogen and oxygen atoms in total. The number of nitrogens with zero attached hydrogens (tertiary/aromatic N) is 2. The molecule has 0 atom stereocenters. The molecule has 0 unspecified atom stereocenters. The normalized spacial score (nSPS) is 10.8. The lowest BCUT2D eigenvalue weighted by atomic mass is 10.2. The van der Waals surface area contributed by atoms with E-state index in [9.17, 15) is 9.50 Å². The summed E-state index contributed by atoms with van der Waals surface area (Å²) in [7, 11) is 0. The van der Waals surface area contributed by atoms with Crippen molar-refractivity contribution in [2.45, 2.75) is 0 Å². The third-order valence-electron chi connectivity index (χ3n) is 2.79. The van der Waals surface area contributed by atoms with Gasteiger partial charge in [0.25, 0.3) is 5.89 Å². The number of phenols is 1. The van der Waals surface area contributed by atoms with Crippen molar-refractivity contribution >= 4 is 23.2 Å². The lowest BCUT2D eigenvalue weighted by Crippen LogP contribution is -1.85. The molecule has 2 aromatic carbocycles. The van der Waals surface area contributed by atoms with E-state index >= 15 is 0 Å².